The summed E-state index contributed by atoms with van der Waals surface area (Å²) in [4.78, 5) is 102. The summed E-state index contributed by atoms with van der Waals surface area (Å²) in [6.07, 6.45) is 3.04. The Kier molecular flexibility index (Phi) is 18.2. The van der Waals surface area contributed by atoms with Gasteiger partial charge in [0.1, 0.15) is 12.3 Å². The molecule has 388 valence electrons. The first kappa shape index (κ1) is 51.8. The van der Waals surface area contributed by atoms with Crippen LogP contribution in [0.5, 0.6) is 0 Å². The van der Waals surface area contributed by atoms with Gasteiger partial charge in [-0.05, 0) is 49.1 Å². The van der Waals surface area contributed by atoms with Crippen LogP contribution < -0.4 is 31.5 Å². The Bertz CT molecular complexity index is 2410. The molecular weight excluding hydrogens is 937 g/mol. The third-order valence-corrected chi connectivity index (χ3v) is 13.3. The fraction of sp³-hybridized carbons (Fsp3) is 0.551. The lowest BCUT2D eigenvalue weighted by Crippen LogP contribution is -2.54. The van der Waals surface area contributed by atoms with E-state index in [4.69, 9.17) is 33.8 Å². The van der Waals surface area contributed by atoms with Gasteiger partial charge in [0, 0.05) is 83.5 Å². The van der Waals surface area contributed by atoms with Crippen LogP contribution in [0.2, 0.25) is 0 Å². The number of primary amides is 1. The predicted octanol–water partition coefficient (Wildman–Crippen LogP) is 1.08. The number of anilines is 4. The third-order valence-electron chi connectivity index (χ3n) is 13.3. The van der Waals surface area contributed by atoms with Crippen LogP contribution in [-0.2, 0) is 49.4 Å². The molecule has 5 aliphatic rings. The first-order valence-electron chi connectivity index (χ1n) is 24.7. The number of carbonyl (C=O) groups excluding carboxylic acids is 7. The molecule has 5 N–H and O–H groups in total. The molecule has 8 rings (SSSR count). The highest BCUT2D eigenvalue weighted by atomic mass is 16.6. The molecule has 7 amide bonds. The Morgan fingerprint density at radius 3 is 2.15 bits per heavy atom. The van der Waals surface area contributed by atoms with Crippen molar-refractivity contribution in [3.63, 3.8) is 0 Å². The number of piperazine rings is 1. The van der Waals surface area contributed by atoms with Gasteiger partial charge in [-0.1, -0.05) is 12.1 Å². The molecule has 23 heteroatoms. The molecule has 23 nitrogen and oxygen atoms in total. The number of morpholine rings is 1. The van der Waals surface area contributed by atoms with Crippen molar-refractivity contribution in [1.29, 1.82) is 0 Å². The first-order valence-corrected chi connectivity index (χ1v) is 24.7. The molecule has 2 aromatic carbocycles. The number of fused-ring (bicyclic) bond motifs is 1. The van der Waals surface area contributed by atoms with Crippen molar-refractivity contribution in [3.8, 4) is 0 Å². The van der Waals surface area contributed by atoms with E-state index in [9.17, 15) is 33.6 Å². The average Bonchev–Trinajstić information content (AvgIpc) is 3.99. The number of imide groups is 2. The van der Waals surface area contributed by atoms with Crippen LogP contribution in [0.15, 0.2) is 47.1 Å². The van der Waals surface area contributed by atoms with Crippen LogP contribution in [0, 0.1) is 5.92 Å². The summed E-state index contributed by atoms with van der Waals surface area (Å²) in [6.45, 7) is 10.0. The number of amides is 7. The number of hydrogen-bond donors (Lipinski definition) is 4. The highest BCUT2D eigenvalue weighted by Crippen LogP contribution is 2.34. The number of hydrogen-bond acceptors (Lipinski definition) is 18. The first-order chi connectivity index (χ1) is 35.0. The number of aromatic nitrogens is 1. The van der Waals surface area contributed by atoms with Gasteiger partial charge in [-0.25, -0.2) is 0 Å². The number of ether oxygens (including phenoxy) is 5. The molecule has 4 saturated heterocycles. The lowest BCUT2D eigenvalue weighted by Gasteiger charge is -2.36. The fourth-order valence-electron chi connectivity index (χ4n) is 9.32. The maximum Gasteiger partial charge on any atom is 0.298 e. The van der Waals surface area contributed by atoms with Gasteiger partial charge in [0.05, 0.1) is 95.0 Å². The highest BCUT2D eigenvalue weighted by molar-refractivity contribution is 6.25. The van der Waals surface area contributed by atoms with E-state index in [1.54, 1.807) is 18.2 Å². The lowest BCUT2D eigenvalue weighted by molar-refractivity contribution is -0.136. The van der Waals surface area contributed by atoms with E-state index in [0.29, 0.717) is 162 Å². The number of piperidine rings is 2. The fourth-order valence-corrected chi connectivity index (χ4v) is 9.32. The van der Waals surface area contributed by atoms with Crippen molar-refractivity contribution in [3.05, 3.63) is 65.0 Å². The summed E-state index contributed by atoms with van der Waals surface area (Å²) in [5, 5.41) is 8.38. The number of nitrogens with zero attached hydrogens (tertiary/aromatic N) is 6. The highest BCUT2D eigenvalue weighted by Gasteiger charge is 2.45. The smallest absolute Gasteiger partial charge is 0.298 e. The van der Waals surface area contributed by atoms with E-state index in [0.717, 1.165) is 16.2 Å². The second-order valence-corrected chi connectivity index (χ2v) is 18.0. The molecule has 0 saturated carbocycles. The van der Waals surface area contributed by atoms with Gasteiger partial charge in [-0.2, -0.15) is 4.98 Å². The molecule has 5 aliphatic heterocycles. The zero-order valence-electron chi connectivity index (χ0n) is 40.4. The van der Waals surface area contributed by atoms with Crippen molar-refractivity contribution in [2.75, 3.05) is 145 Å². The zero-order valence-corrected chi connectivity index (χ0v) is 40.4. The van der Waals surface area contributed by atoms with Gasteiger partial charge < -0.3 is 59.2 Å². The van der Waals surface area contributed by atoms with Crippen molar-refractivity contribution in [2.45, 2.75) is 44.7 Å². The maximum atomic E-state index is 13.4. The summed E-state index contributed by atoms with van der Waals surface area (Å²) in [5.74, 6) is -3.04. The quantitative estimate of drug-likeness (QED) is 0.0722. The number of carbonyl (C=O) groups is 7. The van der Waals surface area contributed by atoms with Crippen LogP contribution in [0.25, 0.3) is 0 Å². The van der Waals surface area contributed by atoms with E-state index in [-0.39, 0.29) is 59.7 Å². The van der Waals surface area contributed by atoms with Crippen molar-refractivity contribution in [1.82, 2.24) is 25.0 Å². The summed E-state index contributed by atoms with van der Waals surface area (Å²) in [7, 11) is 0. The van der Waals surface area contributed by atoms with Crippen molar-refractivity contribution >= 4 is 64.4 Å². The minimum absolute atomic E-state index is 0.0430. The van der Waals surface area contributed by atoms with Gasteiger partial charge in [-0.15, -0.1) is 0 Å². The van der Waals surface area contributed by atoms with E-state index in [1.165, 1.54) is 6.26 Å². The standard InChI is InChI=1S/C49H64N10O13/c50-44(62)34-8-12-56(13-9-34)40-30-33(4-5-36(40)52-45(63)38-32-72-49(53-38)58-18-22-69-23-19-58)31-55-14-16-57(17-15-55)42(61)10-20-67-24-26-70-28-29-71-27-25-68-21-11-51-37-3-1-2-35-43(37)48(66)59(47(35)65)39-6-7-41(60)54-46(39)64/h1-5,30,32,34,39,51H,6-29,31H2,(H2,50,62)(H,52,63)(H,54,60,64). The minimum atomic E-state index is -1.03. The second kappa shape index (κ2) is 25.2. The predicted molar refractivity (Wildman–Crippen MR) is 259 cm³/mol. The maximum absolute atomic E-state index is 13.4. The number of nitrogens with one attached hydrogen (secondary N) is 3. The molecule has 72 heavy (non-hydrogen) atoms. The SMILES string of the molecule is NC(=O)C1CCN(c2cc(CN3CCN(C(=O)CCOCCOCCOCCOCCNc4cccc5c4C(=O)N(C4CCC(=O)NC4=O)C5=O)CC3)ccc2NC(=O)c2coc(N3CCOCC3)n2)CC1. The van der Waals surface area contributed by atoms with Gasteiger partial charge in [0.25, 0.3) is 23.7 Å². The lowest BCUT2D eigenvalue weighted by atomic mass is 9.95. The van der Waals surface area contributed by atoms with Gasteiger partial charge in [-0.3, -0.25) is 48.7 Å². The Morgan fingerprint density at radius 1 is 0.764 bits per heavy atom. The molecule has 0 bridgehead atoms. The molecule has 0 aliphatic carbocycles. The zero-order chi connectivity index (χ0) is 50.4. The number of benzene rings is 2. The summed E-state index contributed by atoms with van der Waals surface area (Å²) >= 11 is 0. The Morgan fingerprint density at radius 2 is 1.46 bits per heavy atom. The van der Waals surface area contributed by atoms with E-state index >= 15 is 0 Å². The molecule has 1 atom stereocenters. The monoisotopic (exact) mass is 1000 g/mol. The molecule has 1 unspecified atom stereocenters. The van der Waals surface area contributed by atoms with Crippen LogP contribution in [0.1, 0.15) is 68.9 Å². The number of rotatable bonds is 24. The van der Waals surface area contributed by atoms with Gasteiger partial charge >= 0.3 is 0 Å². The normalized spacial score (nSPS) is 18.9. The largest absolute Gasteiger partial charge is 0.431 e. The van der Waals surface area contributed by atoms with E-state index in [2.05, 4.69) is 36.8 Å². The second-order valence-electron chi connectivity index (χ2n) is 18.0. The topological polar surface area (TPSA) is 270 Å². The number of nitrogens with two attached hydrogens (primary N) is 1. The van der Waals surface area contributed by atoms with Crippen molar-refractivity contribution in [2.24, 2.45) is 11.7 Å². The molecular formula is C49H64N10O13. The van der Waals surface area contributed by atoms with Crippen LogP contribution in [-0.4, -0.2) is 192 Å². The average molecular weight is 1000 g/mol. The molecule has 0 spiro atoms. The van der Waals surface area contributed by atoms with Crippen LogP contribution >= 0.6 is 0 Å². The summed E-state index contributed by atoms with van der Waals surface area (Å²) < 4.78 is 33.5. The number of oxazole rings is 1. The molecule has 3 aromatic rings. The third kappa shape index (κ3) is 13.3. The van der Waals surface area contributed by atoms with E-state index in [1.807, 2.05) is 21.9 Å². The Balaban J connectivity index is 0.667. The van der Waals surface area contributed by atoms with Crippen molar-refractivity contribution < 1.29 is 61.7 Å². The summed E-state index contributed by atoms with van der Waals surface area (Å²) in [6, 6.07) is 10.2. The van der Waals surface area contributed by atoms with Gasteiger partial charge in [0.15, 0.2) is 5.69 Å². The molecule has 0 radical (unpaired) electrons. The van der Waals surface area contributed by atoms with Crippen LogP contribution in [0.3, 0.4) is 0 Å². The molecule has 1 aromatic heterocycles. The van der Waals surface area contributed by atoms with Crippen LogP contribution in [0.4, 0.5) is 23.1 Å². The Labute approximate surface area is 416 Å². The van der Waals surface area contributed by atoms with E-state index < -0.39 is 29.7 Å². The van der Waals surface area contributed by atoms with Gasteiger partial charge in [0.2, 0.25) is 23.6 Å². The Hall–Kier alpha value is -6.50. The minimum Gasteiger partial charge on any atom is -0.431 e. The molecule has 4 fully saturated rings. The summed E-state index contributed by atoms with van der Waals surface area (Å²) in [5.41, 5.74) is 9.22. The molecule has 6 heterocycles.